The number of benzene rings is 8. The average Bonchev–Trinajstić information content (AvgIpc) is 3.12. The first-order chi connectivity index (χ1) is 22.1. The van der Waals surface area contributed by atoms with Gasteiger partial charge >= 0.3 is 0 Å². The van der Waals surface area contributed by atoms with E-state index < -0.39 is 0 Å². The Bertz CT molecular complexity index is 2250. The quantitative estimate of drug-likeness (QED) is 0.179. The minimum atomic E-state index is -0.0941. The third-order valence-electron chi connectivity index (χ3n) is 9.62. The molecule has 0 nitrogen and oxygen atoms in total. The Labute approximate surface area is 265 Å². The largest absolute Gasteiger partial charge is 0.0622 e. The maximum absolute atomic E-state index is 2.36. The highest BCUT2D eigenvalue weighted by atomic mass is 14.3. The van der Waals surface area contributed by atoms with Crippen molar-refractivity contribution in [1.82, 2.24) is 0 Å². The molecule has 0 radical (unpaired) electrons. The second-order valence-corrected chi connectivity index (χ2v) is 12.6. The van der Waals surface area contributed by atoms with Crippen LogP contribution in [0, 0.1) is 0 Å². The van der Waals surface area contributed by atoms with Crippen molar-refractivity contribution in [1.29, 1.82) is 0 Å². The van der Waals surface area contributed by atoms with Gasteiger partial charge in [0.25, 0.3) is 0 Å². The summed E-state index contributed by atoms with van der Waals surface area (Å²) in [4.78, 5) is 0. The summed E-state index contributed by atoms with van der Waals surface area (Å²) < 4.78 is 0. The van der Waals surface area contributed by atoms with Crippen molar-refractivity contribution in [3.63, 3.8) is 0 Å². The summed E-state index contributed by atoms with van der Waals surface area (Å²) >= 11 is 0. The van der Waals surface area contributed by atoms with E-state index in [1.807, 2.05) is 0 Å². The minimum Gasteiger partial charge on any atom is -0.0622 e. The molecule has 45 heavy (non-hydrogen) atoms. The average molecular weight is 575 g/mol. The van der Waals surface area contributed by atoms with Gasteiger partial charge in [-0.1, -0.05) is 178 Å². The SMILES string of the molecule is CC(C)(c1ccc(-c2ccccc2)cc1)c1ccc(-c2ccc(-c3ccc4c5ccccc5c5ccccc5c4c3)cc2)cc1. The summed E-state index contributed by atoms with van der Waals surface area (Å²) in [5.74, 6) is 0. The van der Waals surface area contributed by atoms with Crippen molar-refractivity contribution in [2.75, 3.05) is 0 Å². The summed E-state index contributed by atoms with van der Waals surface area (Å²) in [7, 11) is 0. The molecule has 0 aromatic heterocycles. The van der Waals surface area contributed by atoms with Crippen LogP contribution in [0.15, 0.2) is 170 Å². The van der Waals surface area contributed by atoms with Gasteiger partial charge in [0, 0.05) is 5.41 Å². The molecule has 0 aliphatic heterocycles. The Morgan fingerprint density at radius 2 is 0.578 bits per heavy atom. The van der Waals surface area contributed by atoms with E-state index in [0.29, 0.717) is 0 Å². The fraction of sp³-hybridized carbons (Fsp3) is 0.0667. The second kappa shape index (κ2) is 10.9. The third kappa shape index (κ3) is 4.80. The first-order valence-corrected chi connectivity index (χ1v) is 15.8. The van der Waals surface area contributed by atoms with E-state index in [-0.39, 0.29) is 5.41 Å². The first-order valence-electron chi connectivity index (χ1n) is 15.8. The van der Waals surface area contributed by atoms with Crippen molar-refractivity contribution < 1.29 is 0 Å². The Morgan fingerprint density at radius 3 is 1.04 bits per heavy atom. The van der Waals surface area contributed by atoms with Crippen LogP contribution in [-0.4, -0.2) is 0 Å². The van der Waals surface area contributed by atoms with E-state index in [2.05, 4.69) is 184 Å². The van der Waals surface area contributed by atoms with Crippen molar-refractivity contribution in [3.8, 4) is 33.4 Å². The Morgan fingerprint density at radius 1 is 0.267 bits per heavy atom. The molecule has 0 spiro atoms. The van der Waals surface area contributed by atoms with Gasteiger partial charge in [-0.25, -0.2) is 0 Å². The molecule has 8 aromatic rings. The Kier molecular flexibility index (Phi) is 6.58. The van der Waals surface area contributed by atoms with Crippen LogP contribution in [0.1, 0.15) is 25.0 Å². The van der Waals surface area contributed by atoms with E-state index in [1.165, 1.54) is 76.8 Å². The lowest BCUT2D eigenvalue weighted by atomic mass is 9.77. The Hall–Kier alpha value is -5.46. The highest BCUT2D eigenvalue weighted by Crippen LogP contribution is 2.38. The van der Waals surface area contributed by atoms with Gasteiger partial charge in [0.05, 0.1) is 0 Å². The second-order valence-electron chi connectivity index (χ2n) is 12.6. The van der Waals surface area contributed by atoms with Crippen molar-refractivity contribution in [2.45, 2.75) is 19.3 Å². The van der Waals surface area contributed by atoms with Crippen LogP contribution >= 0.6 is 0 Å². The maximum atomic E-state index is 2.36. The molecule has 0 N–H and O–H groups in total. The lowest BCUT2D eigenvalue weighted by Crippen LogP contribution is -2.18. The normalized spacial score (nSPS) is 11.8. The van der Waals surface area contributed by atoms with Gasteiger partial charge in [0.2, 0.25) is 0 Å². The molecule has 0 amide bonds. The van der Waals surface area contributed by atoms with Crippen molar-refractivity contribution in [3.05, 3.63) is 181 Å². The molecule has 0 saturated heterocycles. The smallest absolute Gasteiger partial charge is 0.0146 e. The molecule has 0 atom stereocenters. The number of hydrogen-bond acceptors (Lipinski definition) is 0. The van der Waals surface area contributed by atoms with E-state index in [9.17, 15) is 0 Å². The van der Waals surface area contributed by atoms with Crippen LogP contribution in [0.3, 0.4) is 0 Å². The lowest BCUT2D eigenvalue weighted by molar-refractivity contribution is 0.641. The molecular weight excluding hydrogens is 540 g/mol. The zero-order valence-electron chi connectivity index (χ0n) is 25.7. The highest BCUT2D eigenvalue weighted by molar-refractivity contribution is 6.25. The predicted molar refractivity (Wildman–Crippen MR) is 194 cm³/mol. The molecule has 8 aromatic carbocycles. The molecule has 0 aliphatic carbocycles. The van der Waals surface area contributed by atoms with E-state index in [4.69, 9.17) is 0 Å². The van der Waals surface area contributed by atoms with Gasteiger partial charge in [-0.3, -0.25) is 0 Å². The number of rotatable bonds is 5. The molecule has 0 unspecified atom stereocenters. The molecule has 0 aliphatic rings. The van der Waals surface area contributed by atoms with Gasteiger partial charge < -0.3 is 0 Å². The summed E-state index contributed by atoms with van der Waals surface area (Å²) in [6.45, 7) is 4.62. The molecule has 8 rings (SSSR count). The van der Waals surface area contributed by atoms with Crippen molar-refractivity contribution in [2.24, 2.45) is 0 Å². The predicted octanol–water partition coefficient (Wildman–Crippen LogP) is 12.5. The van der Waals surface area contributed by atoms with Crippen LogP contribution in [0.5, 0.6) is 0 Å². The fourth-order valence-electron chi connectivity index (χ4n) is 6.90. The topological polar surface area (TPSA) is 0 Å². The van der Waals surface area contributed by atoms with Gasteiger partial charge in [0.1, 0.15) is 0 Å². The molecule has 0 saturated carbocycles. The van der Waals surface area contributed by atoms with Crippen LogP contribution in [0.4, 0.5) is 0 Å². The molecule has 0 bridgehead atoms. The molecule has 0 heterocycles. The summed E-state index contributed by atoms with van der Waals surface area (Å²) in [6, 6.07) is 62.2. The van der Waals surface area contributed by atoms with Crippen molar-refractivity contribution >= 4 is 32.3 Å². The maximum Gasteiger partial charge on any atom is 0.0146 e. The molecule has 0 fully saturated rings. The number of fused-ring (bicyclic) bond motifs is 6. The minimum absolute atomic E-state index is 0.0941. The summed E-state index contributed by atoms with van der Waals surface area (Å²) in [5.41, 5.74) is 9.97. The van der Waals surface area contributed by atoms with E-state index in [0.717, 1.165) is 0 Å². The monoisotopic (exact) mass is 574 g/mol. The third-order valence-corrected chi connectivity index (χ3v) is 9.62. The van der Waals surface area contributed by atoms with Gasteiger partial charge in [-0.05, 0) is 82.9 Å². The van der Waals surface area contributed by atoms with Crippen LogP contribution in [-0.2, 0) is 5.41 Å². The van der Waals surface area contributed by atoms with Crippen LogP contribution < -0.4 is 0 Å². The summed E-state index contributed by atoms with van der Waals surface area (Å²) in [6.07, 6.45) is 0. The first kappa shape index (κ1) is 27.1. The van der Waals surface area contributed by atoms with Gasteiger partial charge in [-0.15, -0.1) is 0 Å². The fourth-order valence-corrected chi connectivity index (χ4v) is 6.90. The standard InChI is InChI=1S/C45H34/c1-45(2,37-25-20-33(21-26-37)31-10-4-3-5-11-31)38-27-22-34(23-28-38)32-16-18-35(19-17-32)36-24-29-43-41-14-7-6-12-39(41)40-13-8-9-15-42(40)44(43)30-36/h3-30H,1-2H3. The molecular formula is C45H34. The van der Waals surface area contributed by atoms with Gasteiger partial charge in [0.15, 0.2) is 0 Å². The zero-order chi connectivity index (χ0) is 30.4. The number of hydrogen-bond donors (Lipinski definition) is 0. The zero-order valence-corrected chi connectivity index (χ0v) is 25.7. The van der Waals surface area contributed by atoms with E-state index >= 15 is 0 Å². The molecule has 214 valence electrons. The van der Waals surface area contributed by atoms with E-state index in [1.54, 1.807) is 0 Å². The molecule has 0 heteroatoms. The highest BCUT2D eigenvalue weighted by Gasteiger charge is 2.23. The lowest BCUT2D eigenvalue weighted by Gasteiger charge is -2.26. The summed E-state index contributed by atoms with van der Waals surface area (Å²) in [5, 5.41) is 7.85. The van der Waals surface area contributed by atoms with Crippen LogP contribution in [0.2, 0.25) is 0 Å². The van der Waals surface area contributed by atoms with Crippen LogP contribution in [0.25, 0.3) is 65.7 Å². The van der Waals surface area contributed by atoms with Gasteiger partial charge in [-0.2, -0.15) is 0 Å². The Balaban J connectivity index is 1.07.